The van der Waals surface area contributed by atoms with Crippen LogP contribution >= 0.6 is 0 Å². The van der Waals surface area contributed by atoms with Gasteiger partial charge in [0.2, 0.25) is 5.95 Å². The van der Waals surface area contributed by atoms with Crippen molar-refractivity contribution in [3.05, 3.63) is 46.4 Å². The summed E-state index contributed by atoms with van der Waals surface area (Å²) in [6, 6.07) is 2.96. The van der Waals surface area contributed by atoms with Gasteiger partial charge in [0.25, 0.3) is 5.56 Å². The summed E-state index contributed by atoms with van der Waals surface area (Å²) in [5, 5.41) is 11.9. The van der Waals surface area contributed by atoms with Crippen molar-refractivity contribution in [2.75, 3.05) is 62.7 Å². The molecule has 1 atom stereocenters. The van der Waals surface area contributed by atoms with Gasteiger partial charge < -0.3 is 19.9 Å². The average Bonchev–Trinajstić information content (AvgIpc) is 3.37. The Morgan fingerprint density at radius 3 is 2.62 bits per heavy atom. The Morgan fingerprint density at radius 2 is 1.93 bits per heavy atom. The fraction of sp³-hybridized carbons (Fsp3) is 0.458. The van der Waals surface area contributed by atoms with Gasteiger partial charge in [-0.15, -0.1) is 0 Å². The molecule has 0 bridgehead atoms. The van der Waals surface area contributed by atoms with Gasteiger partial charge in [0, 0.05) is 38.3 Å². The van der Waals surface area contributed by atoms with Crippen molar-refractivity contribution >= 4 is 32.9 Å². The van der Waals surface area contributed by atoms with Crippen LogP contribution < -0.4 is 15.6 Å². The number of aromatic nitrogens is 3. The monoisotopic (exact) mass is 586 g/mol. The van der Waals surface area contributed by atoms with Crippen molar-refractivity contribution in [1.29, 1.82) is 0 Å². The number of nitrogens with zero attached hydrogens (tertiary/aromatic N) is 4. The van der Waals surface area contributed by atoms with Crippen LogP contribution in [0, 0.1) is 11.6 Å². The summed E-state index contributed by atoms with van der Waals surface area (Å²) in [7, 11) is -2.93. The average molecular weight is 587 g/mol. The molecule has 3 heterocycles. The summed E-state index contributed by atoms with van der Waals surface area (Å²) < 4.78 is 83.5. The summed E-state index contributed by atoms with van der Waals surface area (Å²) >= 11 is 0. The van der Waals surface area contributed by atoms with Gasteiger partial charge >= 0.3 is 10.2 Å². The molecule has 0 amide bonds. The van der Waals surface area contributed by atoms with E-state index in [9.17, 15) is 22.0 Å². The molecule has 1 aliphatic rings. The Bertz CT molecular complexity index is 1520. The third kappa shape index (κ3) is 6.69. The molecular weight excluding hydrogens is 557 g/mol. The van der Waals surface area contributed by atoms with Crippen LogP contribution in [0.1, 0.15) is 6.42 Å². The van der Waals surface area contributed by atoms with Crippen molar-refractivity contribution in [2.45, 2.75) is 12.6 Å². The lowest BCUT2D eigenvalue weighted by Gasteiger charge is -2.18. The summed E-state index contributed by atoms with van der Waals surface area (Å²) in [4.78, 5) is 21.6. The van der Waals surface area contributed by atoms with Crippen molar-refractivity contribution in [1.82, 2.24) is 18.8 Å². The normalized spacial score (nSPS) is 16.1. The van der Waals surface area contributed by atoms with Crippen LogP contribution in [0.4, 0.5) is 24.8 Å². The van der Waals surface area contributed by atoms with Crippen LogP contribution in [-0.2, 0) is 26.7 Å². The number of hydrogen-bond donors (Lipinski definition) is 3. The molecule has 12 nitrogen and oxygen atoms in total. The van der Waals surface area contributed by atoms with E-state index in [4.69, 9.17) is 14.6 Å². The quantitative estimate of drug-likeness (QED) is 0.253. The molecule has 2 aromatic heterocycles. The second-order valence-electron chi connectivity index (χ2n) is 8.90. The first-order valence-electron chi connectivity index (χ1n) is 12.4. The van der Waals surface area contributed by atoms with Gasteiger partial charge in [0.15, 0.2) is 5.82 Å². The molecule has 218 valence electrons. The molecule has 1 fully saturated rings. The Hall–Kier alpha value is -3.31. The van der Waals surface area contributed by atoms with Crippen LogP contribution in [0.3, 0.4) is 0 Å². The summed E-state index contributed by atoms with van der Waals surface area (Å²) in [5.74, 6) is -2.18. The molecule has 40 heavy (non-hydrogen) atoms. The lowest BCUT2D eigenvalue weighted by molar-refractivity contribution is 0.0360. The number of fused-ring (bicyclic) bond motifs is 1. The van der Waals surface area contributed by atoms with E-state index in [1.165, 1.54) is 19.3 Å². The van der Waals surface area contributed by atoms with Crippen LogP contribution in [0.25, 0.3) is 22.2 Å². The number of hydrogen-bond acceptors (Lipinski definition) is 9. The number of benzene rings is 1. The molecule has 4 rings (SSSR count). The Kier molecular flexibility index (Phi) is 9.57. The molecule has 16 heteroatoms. The maximum Gasteiger partial charge on any atom is 0.301 e. The maximum absolute atomic E-state index is 15.5. The number of aryl methyl sites for hydroxylation is 1. The van der Waals surface area contributed by atoms with E-state index in [1.807, 2.05) is 4.72 Å². The van der Waals surface area contributed by atoms with E-state index in [0.29, 0.717) is 31.8 Å². The molecule has 0 saturated carbocycles. The van der Waals surface area contributed by atoms with Crippen LogP contribution in [0.2, 0.25) is 0 Å². The number of rotatable bonds is 13. The van der Waals surface area contributed by atoms with Crippen LogP contribution in [-0.4, -0.2) is 91.2 Å². The number of ether oxygens (including phenoxy) is 2. The van der Waals surface area contributed by atoms with E-state index in [-0.39, 0.29) is 49.9 Å². The van der Waals surface area contributed by atoms with Gasteiger partial charge in [-0.3, -0.25) is 14.1 Å². The number of anilines is 2. The van der Waals surface area contributed by atoms with Gasteiger partial charge in [-0.05, 0) is 24.6 Å². The minimum atomic E-state index is -4.31. The highest BCUT2D eigenvalue weighted by atomic mass is 32.2. The topological polar surface area (TPSA) is 148 Å². The molecule has 0 aliphatic carbocycles. The molecule has 1 aliphatic heterocycles. The molecule has 3 aromatic rings. The van der Waals surface area contributed by atoms with Crippen LogP contribution in [0.5, 0.6) is 0 Å². The zero-order valence-corrected chi connectivity index (χ0v) is 22.4. The third-order valence-corrected chi connectivity index (χ3v) is 7.61. The predicted octanol–water partition coefficient (Wildman–Crippen LogP) is 1.41. The smallest absolute Gasteiger partial charge is 0.301 e. The molecule has 0 radical (unpaired) electrons. The molecule has 1 aromatic carbocycles. The number of pyridine rings is 1. The van der Waals surface area contributed by atoms with Gasteiger partial charge in [-0.1, -0.05) is 0 Å². The second kappa shape index (κ2) is 12.9. The first kappa shape index (κ1) is 29.7. The van der Waals surface area contributed by atoms with E-state index in [1.54, 1.807) is 0 Å². The number of aliphatic hydroxyl groups is 1. The number of alkyl halides is 1. The Labute approximate surface area is 227 Å². The van der Waals surface area contributed by atoms with Crippen molar-refractivity contribution in [2.24, 2.45) is 7.05 Å². The minimum absolute atomic E-state index is 0.0137. The molecular formula is C24H29F3N6O6S. The highest BCUT2D eigenvalue weighted by Crippen LogP contribution is 2.31. The van der Waals surface area contributed by atoms with Crippen LogP contribution in [0.15, 0.2) is 29.2 Å². The Morgan fingerprint density at radius 1 is 1.18 bits per heavy atom. The lowest BCUT2D eigenvalue weighted by Crippen LogP contribution is -2.34. The second-order valence-corrected chi connectivity index (χ2v) is 10.6. The van der Waals surface area contributed by atoms with E-state index >= 15 is 4.39 Å². The van der Waals surface area contributed by atoms with E-state index in [0.717, 1.165) is 21.0 Å². The SMILES string of the molecule is Cn1c(=O)c(-c2c(F)ccc(NS(=O)(=O)N3CCC(F)C3)c2F)cc2cnc(NCCOCCOCCO)nc21. The largest absolute Gasteiger partial charge is 0.394 e. The number of aliphatic hydroxyl groups excluding tert-OH is 1. The van der Waals surface area contributed by atoms with Gasteiger partial charge in [-0.25, -0.2) is 18.2 Å². The zero-order valence-electron chi connectivity index (χ0n) is 21.6. The highest BCUT2D eigenvalue weighted by molar-refractivity contribution is 7.90. The van der Waals surface area contributed by atoms with Crippen molar-refractivity contribution in [3.63, 3.8) is 0 Å². The predicted molar refractivity (Wildman–Crippen MR) is 141 cm³/mol. The van der Waals surface area contributed by atoms with E-state index in [2.05, 4.69) is 15.3 Å². The third-order valence-electron chi connectivity index (χ3n) is 6.12. The van der Waals surface area contributed by atoms with Gasteiger partial charge in [0.05, 0.1) is 49.8 Å². The highest BCUT2D eigenvalue weighted by Gasteiger charge is 2.32. The Balaban J connectivity index is 1.55. The molecule has 1 saturated heterocycles. The van der Waals surface area contributed by atoms with Crippen molar-refractivity contribution in [3.8, 4) is 11.1 Å². The van der Waals surface area contributed by atoms with Gasteiger partial charge in [0.1, 0.15) is 17.6 Å². The fourth-order valence-corrected chi connectivity index (χ4v) is 5.39. The van der Waals surface area contributed by atoms with Crippen molar-refractivity contribution < 1.29 is 36.2 Å². The molecule has 3 N–H and O–H groups in total. The number of halogens is 3. The zero-order chi connectivity index (χ0) is 28.9. The fourth-order valence-electron chi connectivity index (χ4n) is 4.12. The van der Waals surface area contributed by atoms with E-state index < -0.39 is 44.8 Å². The molecule has 0 spiro atoms. The number of nitrogens with one attached hydrogen (secondary N) is 2. The maximum atomic E-state index is 15.5. The van der Waals surface area contributed by atoms with Gasteiger partial charge in [-0.2, -0.15) is 17.7 Å². The summed E-state index contributed by atoms with van der Waals surface area (Å²) in [5.41, 5.74) is -2.26. The first-order chi connectivity index (χ1) is 19.1. The summed E-state index contributed by atoms with van der Waals surface area (Å²) in [6.07, 6.45) is 0.0557. The lowest BCUT2D eigenvalue weighted by atomic mass is 10.0. The summed E-state index contributed by atoms with van der Waals surface area (Å²) in [6.45, 7) is 1.05. The minimum Gasteiger partial charge on any atom is -0.394 e. The first-order valence-corrected chi connectivity index (χ1v) is 13.8. The standard InChI is InChI=1S/C24H29F3N6O6S/c1-32-22-15(13-29-24(30-22)28-5-8-38-10-11-39-9-7-34)12-17(23(32)35)20-18(26)2-3-19(21(20)27)31-40(36,37)33-6-4-16(25)14-33/h2-3,12-13,16,31,34H,4-11,14H2,1H3,(H,28,29,30). The molecule has 1 unspecified atom stereocenters.